The van der Waals surface area contributed by atoms with Gasteiger partial charge in [-0.1, -0.05) is 0 Å². The molecular weight excluding hydrogens is 138 g/mol. The molecule has 1 heterocycles. The molecule has 1 rings (SSSR count). The summed E-state index contributed by atoms with van der Waals surface area (Å²) in [6, 6.07) is 1.59. The maximum atomic E-state index is 7.00. The van der Waals surface area contributed by atoms with E-state index in [1.807, 2.05) is 0 Å². The minimum Gasteiger partial charge on any atom is -0.400 e. The first-order chi connectivity index (χ1) is 5.22. The van der Waals surface area contributed by atoms with Gasteiger partial charge in [-0.2, -0.15) is 0 Å². The van der Waals surface area contributed by atoms with Crippen molar-refractivity contribution in [3.63, 3.8) is 0 Å². The van der Waals surface area contributed by atoms with E-state index in [-0.39, 0.29) is 0 Å². The van der Waals surface area contributed by atoms with E-state index in [0.29, 0.717) is 0 Å². The van der Waals surface area contributed by atoms with Crippen LogP contribution in [0.4, 0.5) is 0 Å². The van der Waals surface area contributed by atoms with Crippen molar-refractivity contribution < 1.29 is 5.11 Å². The van der Waals surface area contributed by atoms with Gasteiger partial charge in [-0.25, -0.2) is 0 Å². The van der Waals surface area contributed by atoms with Gasteiger partial charge in [0.2, 0.25) is 0 Å². The van der Waals surface area contributed by atoms with Crippen molar-refractivity contribution in [3.8, 4) is 0 Å². The predicted octanol–water partition coefficient (Wildman–Crippen LogP) is 1.49. The lowest BCUT2D eigenvalue weighted by molar-refractivity contribution is 0.216. The first kappa shape index (κ1) is 10.9. The fourth-order valence-corrected chi connectivity index (χ4v) is 1.72. The highest BCUT2D eigenvalue weighted by Gasteiger charge is 2.21. The molecule has 0 radical (unpaired) electrons. The summed E-state index contributed by atoms with van der Waals surface area (Å²) < 4.78 is 0. The molecule has 1 N–H and O–H groups in total. The highest BCUT2D eigenvalue weighted by atomic mass is 16.2. The number of hydrogen-bond acceptors (Lipinski definition) is 2. The maximum Gasteiger partial charge on any atom is 0.0319 e. The van der Waals surface area contributed by atoms with Gasteiger partial charge in [0.15, 0.2) is 0 Å². The third kappa shape index (κ3) is 3.21. The van der Waals surface area contributed by atoms with Crippen LogP contribution in [0.2, 0.25) is 0 Å². The Morgan fingerprint density at radius 2 is 1.91 bits per heavy atom. The van der Waals surface area contributed by atoms with Gasteiger partial charge in [0.05, 0.1) is 0 Å². The van der Waals surface area contributed by atoms with Gasteiger partial charge in [0.25, 0.3) is 0 Å². The van der Waals surface area contributed by atoms with Crippen molar-refractivity contribution >= 4 is 0 Å². The SMILES string of the molecule is CC(C)N1CCCC1C.CO. The second kappa shape index (κ2) is 5.56. The zero-order valence-corrected chi connectivity index (χ0v) is 8.17. The van der Waals surface area contributed by atoms with Crippen molar-refractivity contribution in [3.05, 3.63) is 0 Å². The molecule has 2 heteroatoms. The van der Waals surface area contributed by atoms with Crippen LogP contribution in [0.15, 0.2) is 0 Å². The first-order valence-electron chi connectivity index (χ1n) is 4.42. The van der Waals surface area contributed by atoms with E-state index in [1.54, 1.807) is 0 Å². The molecule has 0 aromatic heterocycles. The number of rotatable bonds is 1. The van der Waals surface area contributed by atoms with Crippen LogP contribution in [0, 0.1) is 0 Å². The summed E-state index contributed by atoms with van der Waals surface area (Å²) in [5.41, 5.74) is 0. The molecule has 1 aliphatic heterocycles. The van der Waals surface area contributed by atoms with Gasteiger partial charge in [0, 0.05) is 19.2 Å². The number of likely N-dealkylation sites (tertiary alicyclic amines) is 1. The summed E-state index contributed by atoms with van der Waals surface area (Å²) in [5, 5.41) is 7.00. The van der Waals surface area contributed by atoms with E-state index in [0.717, 1.165) is 19.2 Å². The molecule has 1 fully saturated rings. The van der Waals surface area contributed by atoms with Crippen LogP contribution in [0.3, 0.4) is 0 Å². The molecule has 0 spiro atoms. The molecule has 0 aliphatic carbocycles. The van der Waals surface area contributed by atoms with E-state index in [4.69, 9.17) is 5.11 Å². The van der Waals surface area contributed by atoms with Crippen LogP contribution in [0.25, 0.3) is 0 Å². The third-order valence-corrected chi connectivity index (χ3v) is 2.27. The maximum absolute atomic E-state index is 7.00. The van der Waals surface area contributed by atoms with Gasteiger partial charge in [-0.3, -0.25) is 4.90 Å². The lowest BCUT2D eigenvalue weighted by Gasteiger charge is -2.24. The summed E-state index contributed by atoms with van der Waals surface area (Å²) in [4.78, 5) is 2.57. The molecule has 1 unspecified atom stereocenters. The van der Waals surface area contributed by atoms with Gasteiger partial charge < -0.3 is 5.11 Å². The fourth-order valence-electron chi connectivity index (χ4n) is 1.72. The Kier molecular flexibility index (Phi) is 5.51. The largest absolute Gasteiger partial charge is 0.400 e. The summed E-state index contributed by atoms with van der Waals surface area (Å²) in [6.45, 7) is 8.20. The summed E-state index contributed by atoms with van der Waals surface area (Å²) in [6.07, 6.45) is 2.80. The van der Waals surface area contributed by atoms with Crippen molar-refractivity contribution in [2.45, 2.75) is 45.7 Å². The second-order valence-electron chi connectivity index (χ2n) is 3.32. The first-order valence-corrected chi connectivity index (χ1v) is 4.42. The number of hydrogen-bond donors (Lipinski definition) is 1. The highest BCUT2D eigenvalue weighted by Crippen LogP contribution is 2.18. The quantitative estimate of drug-likeness (QED) is 0.626. The average Bonchev–Trinajstić information content (AvgIpc) is 2.39. The molecule has 0 aromatic carbocycles. The van der Waals surface area contributed by atoms with Gasteiger partial charge in [-0.05, 0) is 40.2 Å². The van der Waals surface area contributed by atoms with Crippen LogP contribution in [-0.2, 0) is 0 Å². The zero-order chi connectivity index (χ0) is 8.85. The average molecular weight is 159 g/mol. The molecule has 2 nitrogen and oxygen atoms in total. The Morgan fingerprint density at radius 1 is 1.36 bits per heavy atom. The summed E-state index contributed by atoms with van der Waals surface area (Å²) in [7, 11) is 1.00. The van der Waals surface area contributed by atoms with Crippen LogP contribution in [0.5, 0.6) is 0 Å². The molecule has 1 aliphatic rings. The van der Waals surface area contributed by atoms with E-state index in [9.17, 15) is 0 Å². The summed E-state index contributed by atoms with van der Waals surface area (Å²) in [5.74, 6) is 0. The Bertz CT molecular complexity index is 93.6. The number of aliphatic hydroxyl groups excluding tert-OH is 1. The molecule has 1 atom stereocenters. The minimum absolute atomic E-state index is 0.752. The highest BCUT2D eigenvalue weighted by molar-refractivity contribution is 4.77. The second-order valence-corrected chi connectivity index (χ2v) is 3.32. The standard InChI is InChI=1S/C8H17N.CH4O/c1-7(2)9-6-4-5-8(9)3;1-2/h7-8H,4-6H2,1-3H3;2H,1H3. The molecule has 68 valence electrons. The van der Waals surface area contributed by atoms with E-state index in [2.05, 4.69) is 25.7 Å². The lowest BCUT2D eigenvalue weighted by Crippen LogP contribution is -2.33. The fraction of sp³-hybridized carbons (Fsp3) is 1.00. The van der Waals surface area contributed by atoms with E-state index < -0.39 is 0 Å². The zero-order valence-electron chi connectivity index (χ0n) is 8.17. The van der Waals surface area contributed by atoms with Gasteiger partial charge in [0.1, 0.15) is 0 Å². The number of nitrogens with zero attached hydrogens (tertiary/aromatic N) is 1. The van der Waals surface area contributed by atoms with Crippen molar-refractivity contribution in [1.29, 1.82) is 0 Å². The smallest absolute Gasteiger partial charge is 0.0319 e. The molecular formula is C9H21NO. The Balaban J connectivity index is 0.000000461. The molecule has 0 saturated carbocycles. The number of aliphatic hydroxyl groups is 1. The van der Waals surface area contributed by atoms with Crippen LogP contribution < -0.4 is 0 Å². The molecule has 0 bridgehead atoms. The molecule has 1 saturated heterocycles. The van der Waals surface area contributed by atoms with Crippen LogP contribution in [0.1, 0.15) is 33.6 Å². The normalized spacial score (nSPS) is 25.1. The Labute approximate surface area is 70.2 Å². The van der Waals surface area contributed by atoms with Crippen LogP contribution in [-0.4, -0.2) is 35.7 Å². The van der Waals surface area contributed by atoms with Crippen LogP contribution >= 0.6 is 0 Å². The Hall–Kier alpha value is -0.0800. The van der Waals surface area contributed by atoms with Crippen molar-refractivity contribution in [2.75, 3.05) is 13.7 Å². The topological polar surface area (TPSA) is 23.5 Å². The van der Waals surface area contributed by atoms with E-state index in [1.165, 1.54) is 19.4 Å². The molecule has 0 aromatic rings. The predicted molar refractivity (Wildman–Crippen MR) is 48.7 cm³/mol. The summed E-state index contributed by atoms with van der Waals surface area (Å²) >= 11 is 0. The molecule has 0 amide bonds. The van der Waals surface area contributed by atoms with Gasteiger partial charge in [-0.15, -0.1) is 0 Å². The monoisotopic (exact) mass is 159 g/mol. The van der Waals surface area contributed by atoms with Crippen molar-refractivity contribution in [1.82, 2.24) is 4.90 Å². The molecule has 11 heavy (non-hydrogen) atoms. The third-order valence-electron chi connectivity index (χ3n) is 2.27. The van der Waals surface area contributed by atoms with Crippen molar-refractivity contribution in [2.24, 2.45) is 0 Å². The Morgan fingerprint density at radius 3 is 2.09 bits per heavy atom. The van der Waals surface area contributed by atoms with E-state index >= 15 is 0 Å². The van der Waals surface area contributed by atoms with Gasteiger partial charge >= 0.3 is 0 Å². The minimum atomic E-state index is 0.752. The lowest BCUT2D eigenvalue weighted by atomic mass is 10.2.